The lowest BCUT2D eigenvalue weighted by molar-refractivity contribution is 0.210. The van der Waals surface area contributed by atoms with Crippen LogP contribution in [0.1, 0.15) is 17.2 Å². The molecule has 0 aliphatic rings. The Balaban J connectivity index is 2.23. The summed E-state index contributed by atoms with van der Waals surface area (Å²) in [4.78, 5) is 4.21. The number of halogens is 3. The molecule has 0 amide bonds. The first-order valence-electron chi connectivity index (χ1n) is 6.24. The van der Waals surface area contributed by atoms with Crippen molar-refractivity contribution in [1.82, 2.24) is 4.98 Å². The highest BCUT2D eigenvalue weighted by Gasteiger charge is 2.22. The molecule has 2 aromatic carbocycles. The van der Waals surface area contributed by atoms with Crippen molar-refractivity contribution in [3.05, 3.63) is 75.9 Å². The maximum atomic E-state index is 13.8. The molecule has 3 aromatic rings. The molecule has 0 fully saturated rings. The maximum absolute atomic E-state index is 13.8. The molecule has 0 radical (unpaired) electrons. The molecule has 0 bridgehead atoms. The van der Waals surface area contributed by atoms with Crippen LogP contribution in [0.2, 0.25) is 0 Å². The average molecular weight is 350 g/mol. The molecule has 1 aromatic heterocycles. The number of aliphatic hydroxyl groups excluding tert-OH is 1. The second kappa shape index (κ2) is 5.50. The summed E-state index contributed by atoms with van der Waals surface area (Å²) in [6, 6.07) is 10.4. The van der Waals surface area contributed by atoms with E-state index in [1.165, 1.54) is 6.07 Å². The molecule has 21 heavy (non-hydrogen) atoms. The van der Waals surface area contributed by atoms with Gasteiger partial charge in [-0.05, 0) is 24.3 Å². The molecule has 1 N–H and O–H groups in total. The van der Waals surface area contributed by atoms with E-state index in [-0.39, 0.29) is 5.56 Å². The van der Waals surface area contributed by atoms with Crippen molar-refractivity contribution < 1.29 is 13.9 Å². The van der Waals surface area contributed by atoms with Crippen molar-refractivity contribution in [2.24, 2.45) is 0 Å². The summed E-state index contributed by atoms with van der Waals surface area (Å²) in [5.74, 6) is -1.57. The first kappa shape index (κ1) is 14.1. The molecule has 5 heteroatoms. The lowest BCUT2D eigenvalue weighted by atomic mass is 9.98. The molecule has 0 aliphatic heterocycles. The molecule has 2 nitrogen and oxygen atoms in total. The normalized spacial score (nSPS) is 12.6. The van der Waals surface area contributed by atoms with E-state index in [1.54, 1.807) is 24.4 Å². The van der Waals surface area contributed by atoms with Crippen LogP contribution in [-0.2, 0) is 0 Å². The van der Waals surface area contributed by atoms with Gasteiger partial charge in [-0.2, -0.15) is 0 Å². The maximum Gasteiger partial charge on any atom is 0.132 e. The number of fused-ring (bicyclic) bond motifs is 1. The van der Waals surface area contributed by atoms with Crippen LogP contribution < -0.4 is 0 Å². The fraction of sp³-hybridized carbons (Fsp3) is 0.0625. The number of aliphatic hydroxyl groups is 1. The molecule has 0 saturated heterocycles. The van der Waals surface area contributed by atoms with E-state index in [1.807, 2.05) is 6.07 Å². The van der Waals surface area contributed by atoms with Gasteiger partial charge in [-0.1, -0.05) is 34.1 Å². The van der Waals surface area contributed by atoms with Crippen molar-refractivity contribution >= 4 is 26.8 Å². The van der Waals surface area contributed by atoms with Crippen molar-refractivity contribution in [2.45, 2.75) is 6.10 Å². The third kappa shape index (κ3) is 2.43. The van der Waals surface area contributed by atoms with Crippen LogP contribution in [0.5, 0.6) is 0 Å². The van der Waals surface area contributed by atoms with Gasteiger partial charge in [-0.3, -0.25) is 4.98 Å². The van der Waals surface area contributed by atoms with E-state index >= 15 is 0 Å². The number of benzene rings is 2. The van der Waals surface area contributed by atoms with Crippen molar-refractivity contribution in [1.29, 1.82) is 0 Å². The molecule has 106 valence electrons. The van der Waals surface area contributed by atoms with Gasteiger partial charge in [0.1, 0.15) is 17.7 Å². The van der Waals surface area contributed by atoms with Crippen LogP contribution in [0.15, 0.2) is 53.1 Å². The summed E-state index contributed by atoms with van der Waals surface area (Å²) in [6.07, 6.45) is 0.152. The largest absolute Gasteiger partial charge is 0.383 e. The van der Waals surface area contributed by atoms with E-state index in [0.717, 1.165) is 22.0 Å². The number of nitrogens with zero attached hydrogens (tertiary/aromatic N) is 1. The molecule has 0 aliphatic carbocycles. The third-order valence-corrected chi connectivity index (χ3v) is 4.01. The van der Waals surface area contributed by atoms with E-state index < -0.39 is 17.7 Å². The quantitative estimate of drug-likeness (QED) is 0.745. The predicted molar refractivity (Wildman–Crippen MR) is 79.9 cm³/mol. The molecule has 1 atom stereocenters. The fourth-order valence-corrected chi connectivity index (χ4v) is 2.76. The van der Waals surface area contributed by atoms with Gasteiger partial charge in [0.05, 0.1) is 11.1 Å². The van der Waals surface area contributed by atoms with E-state index in [9.17, 15) is 13.9 Å². The van der Waals surface area contributed by atoms with Gasteiger partial charge in [-0.15, -0.1) is 0 Å². The standard InChI is InChI=1S/C16H10BrF2NO/c17-11-7-6-10(15-9(11)3-2-8-20-15)16(21)14-12(18)4-1-5-13(14)19/h1-8,16,21H. The van der Waals surface area contributed by atoms with Gasteiger partial charge in [0, 0.05) is 21.6 Å². The van der Waals surface area contributed by atoms with Gasteiger partial charge >= 0.3 is 0 Å². The molecule has 1 heterocycles. The van der Waals surface area contributed by atoms with Crippen molar-refractivity contribution in [3.8, 4) is 0 Å². The summed E-state index contributed by atoms with van der Waals surface area (Å²) in [5, 5.41) is 11.2. The van der Waals surface area contributed by atoms with Crippen LogP contribution in [0, 0.1) is 11.6 Å². The molecule has 1 unspecified atom stereocenters. The van der Waals surface area contributed by atoms with E-state index in [4.69, 9.17) is 0 Å². The number of hydrogen-bond acceptors (Lipinski definition) is 2. The SMILES string of the molecule is OC(c1c(F)cccc1F)c1ccc(Br)c2cccnc12. The number of aromatic nitrogens is 1. The highest BCUT2D eigenvalue weighted by Crippen LogP contribution is 2.33. The van der Waals surface area contributed by atoms with Gasteiger partial charge in [0.15, 0.2) is 0 Å². The summed E-state index contributed by atoms with van der Waals surface area (Å²) in [5.41, 5.74) is 0.492. The molecule has 3 rings (SSSR count). The topological polar surface area (TPSA) is 33.1 Å². The number of pyridine rings is 1. The Bertz CT molecular complexity index is 802. The van der Waals surface area contributed by atoms with Gasteiger partial charge in [-0.25, -0.2) is 8.78 Å². The van der Waals surface area contributed by atoms with Crippen LogP contribution >= 0.6 is 15.9 Å². The highest BCUT2D eigenvalue weighted by atomic mass is 79.9. The lowest BCUT2D eigenvalue weighted by Crippen LogP contribution is -2.07. The fourth-order valence-electron chi connectivity index (χ4n) is 2.31. The molecular formula is C16H10BrF2NO. The highest BCUT2D eigenvalue weighted by molar-refractivity contribution is 9.10. The van der Waals surface area contributed by atoms with E-state index in [0.29, 0.717) is 11.1 Å². The summed E-state index contributed by atoms with van der Waals surface area (Å²) in [6.45, 7) is 0. The number of rotatable bonds is 2. The van der Waals surface area contributed by atoms with Gasteiger partial charge < -0.3 is 5.11 Å². The van der Waals surface area contributed by atoms with Crippen LogP contribution in [0.4, 0.5) is 8.78 Å². The second-order valence-corrected chi connectivity index (χ2v) is 5.43. The zero-order chi connectivity index (χ0) is 15.0. The Kier molecular flexibility index (Phi) is 3.69. The predicted octanol–water partition coefficient (Wildman–Crippen LogP) is 4.36. The zero-order valence-corrected chi connectivity index (χ0v) is 12.3. The minimum atomic E-state index is -1.42. The molecule has 0 spiro atoms. The summed E-state index contributed by atoms with van der Waals surface area (Å²) in [7, 11) is 0. The summed E-state index contributed by atoms with van der Waals surface area (Å²) >= 11 is 3.40. The Hall–Kier alpha value is -1.85. The smallest absolute Gasteiger partial charge is 0.132 e. The van der Waals surface area contributed by atoms with Crippen LogP contribution in [0.3, 0.4) is 0 Å². The first-order chi connectivity index (χ1) is 10.1. The van der Waals surface area contributed by atoms with Crippen molar-refractivity contribution in [2.75, 3.05) is 0 Å². The van der Waals surface area contributed by atoms with Crippen molar-refractivity contribution in [3.63, 3.8) is 0 Å². The Morgan fingerprint density at radius 1 is 1.00 bits per heavy atom. The number of hydrogen-bond donors (Lipinski definition) is 1. The third-order valence-electron chi connectivity index (χ3n) is 3.32. The van der Waals surface area contributed by atoms with Gasteiger partial charge in [0.2, 0.25) is 0 Å². The minimum Gasteiger partial charge on any atom is -0.383 e. The Morgan fingerprint density at radius 3 is 2.43 bits per heavy atom. The second-order valence-electron chi connectivity index (χ2n) is 4.57. The Morgan fingerprint density at radius 2 is 1.71 bits per heavy atom. The minimum absolute atomic E-state index is 0.359. The van der Waals surface area contributed by atoms with E-state index in [2.05, 4.69) is 20.9 Å². The molecular weight excluding hydrogens is 340 g/mol. The summed E-state index contributed by atoms with van der Waals surface area (Å²) < 4.78 is 28.5. The average Bonchev–Trinajstić information content (AvgIpc) is 2.47. The first-order valence-corrected chi connectivity index (χ1v) is 7.04. The lowest BCUT2D eigenvalue weighted by Gasteiger charge is -2.15. The Labute approximate surface area is 128 Å². The van der Waals surface area contributed by atoms with Crippen LogP contribution in [-0.4, -0.2) is 10.1 Å². The van der Waals surface area contributed by atoms with Gasteiger partial charge in [0.25, 0.3) is 0 Å². The monoisotopic (exact) mass is 349 g/mol. The zero-order valence-electron chi connectivity index (χ0n) is 10.7. The molecule has 0 saturated carbocycles. The van der Waals surface area contributed by atoms with Crippen LogP contribution in [0.25, 0.3) is 10.9 Å².